The lowest BCUT2D eigenvalue weighted by Gasteiger charge is -2.35. The number of nitrogens with zero attached hydrogens (tertiary/aromatic N) is 1. The summed E-state index contributed by atoms with van der Waals surface area (Å²) < 4.78 is 10.8. The largest absolute Gasteiger partial charge is 0.454 e. The van der Waals surface area contributed by atoms with Gasteiger partial charge >= 0.3 is 0 Å². The summed E-state index contributed by atoms with van der Waals surface area (Å²) in [6.07, 6.45) is 0.916. The lowest BCUT2D eigenvalue weighted by Crippen LogP contribution is -2.45. The molecule has 4 nitrogen and oxygen atoms in total. The Morgan fingerprint density at radius 3 is 2.62 bits per heavy atom. The smallest absolute Gasteiger partial charge is 0.232 e. The molecule has 0 bridgehead atoms. The first-order valence-electron chi connectivity index (χ1n) is 8.32. The fourth-order valence-corrected chi connectivity index (χ4v) is 3.47. The predicted octanol–water partition coefficient (Wildman–Crippen LogP) is 3.28. The summed E-state index contributed by atoms with van der Waals surface area (Å²) in [6, 6.07) is 14.1. The van der Waals surface area contributed by atoms with Crippen LogP contribution in [0.3, 0.4) is 0 Å². The molecule has 0 saturated carbocycles. The van der Waals surface area contributed by atoms with E-state index in [1.807, 2.05) is 43.0 Å². The van der Waals surface area contributed by atoms with Gasteiger partial charge in [0.15, 0.2) is 11.5 Å². The highest BCUT2D eigenvalue weighted by atomic mass is 16.7. The molecule has 0 radical (unpaired) electrons. The summed E-state index contributed by atoms with van der Waals surface area (Å²) in [6.45, 7) is 5.66. The van der Waals surface area contributed by atoms with Crippen molar-refractivity contribution in [1.82, 2.24) is 4.90 Å². The van der Waals surface area contributed by atoms with Crippen molar-refractivity contribution in [3.63, 3.8) is 0 Å². The van der Waals surface area contributed by atoms with Crippen molar-refractivity contribution in [3.8, 4) is 11.5 Å². The minimum absolute atomic E-state index is 0.149. The van der Waals surface area contributed by atoms with E-state index in [-0.39, 0.29) is 12.7 Å². The van der Waals surface area contributed by atoms with Gasteiger partial charge in [-0.1, -0.05) is 30.3 Å². The van der Waals surface area contributed by atoms with Gasteiger partial charge in [0.25, 0.3) is 0 Å². The first kappa shape index (κ1) is 15.1. The zero-order valence-corrected chi connectivity index (χ0v) is 14.0. The summed E-state index contributed by atoms with van der Waals surface area (Å²) >= 11 is 0. The number of hydrogen-bond donors (Lipinski definition) is 0. The molecular weight excluding hydrogens is 302 g/mol. The normalized spacial score (nSPS) is 16.0. The second-order valence-corrected chi connectivity index (χ2v) is 6.94. The lowest BCUT2D eigenvalue weighted by atomic mass is 9.82. The topological polar surface area (TPSA) is 38.8 Å². The number of carbonyl (C=O) groups excluding carboxylic acids is 1. The van der Waals surface area contributed by atoms with Crippen LogP contribution in [0, 0.1) is 0 Å². The minimum atomic E-state index is -0.604. The molecule has 2 aliphatic rings. The Bertz CT molecular complexity index is 797. The van der Waals surface area contributed by atoms with E-state index in [0.29, 0.717) is 6.54 Å². The second kappa shape index (κ2) is 5.55. The molecule has 2 aromatic carbocycles. The van der Waals surface area contributed by atoms with Crippen molar-refractivity contribution in [1.29, 1.82) is 0 Å². The Balaban J connectivity index is 1.59. The van der Waals surface area contributed by atoms with Crippen LogP contribution in [0.5, 0.6) is 11.5 Å². The number of fused-ring (bicyclic) bond motifs is 2. The van der Waals surface area contributed by atoms with Gasteiger partial charge in [-0.2, -0.15) is 0 Å². The summed E-state index contributed by atoms with van der Waals surface area (Å²) in [5.41, 5.74) is 2.95. The highest BCUT2D eigenvalue weighted by Gasteiger charge is 2.36. The fourth-order valence-electron chi connectivity index (χ4n) is 3.47. The van der Waals surface area contributed by atoms with Crippen LogP contribution in [0.4, 0.5) is 0 Å². The molecule has 2 heterocycles. The number of hydrogen-bond acceptors (Lipinski definition) is 3. The van der Waals surface area contributed by atoms with Crippen LogP contribution < -0.4 is 9.47 Å². The molecule has 0 unspecified atom stereocenters. The van der Waals surface area contributed by atoms with Crippen molar-refractivity contribution in [3.05, 3.63) is 59.2 Å². The van der Waals surface area contributed by atoms with Crippen LogP contribution in [-0.2, 0) is 23.2 Å². The van der Waals surface area contributed by atoms with Crippen LogP contribution >= 0.6 is 0 Å². The monoisotopic (exact) mass is 323 g/mol. The van der Waals surface area contributed by atoms with Gasteiger partial charge in [-0.05, 0) is 49.1 Å². The maximum Gasteiger partial charge on any atom is 0.232 e. The quantitative estimate of drug-likeness (QED) is 0.851. The number of rotatable bonds is 2. The molecule has 1 amide bonds. The molecule has 0 atom stereocenters. The summed E-state index contributed by atoms with van der Waals surface area (Å²) in [4.78, 5) is 15.1. The summed E-state index contributed by atoms with van der Waals surface area (Å²) in [5, 5.41) is 0. The first-order chi connectivity index (χ1) is 11.6. The first-order valence-corrected chi connectivity index (χ1v) is 8.32. The van der Waals surface area contributed by atoms with Gasteiger partial charge in [-0.3, -0.25) is 4.79 Å². The number of benzene rings is 2. The molecular formula is C20H21NO3. The van der Waals surface area contributed by atoms with E-state index in [2.05, 4.69) is 18.2 Å². The Hall–Kier alpha value is -2.49. The van der Waals surface area contributed by atoms with Crippen LogP contribution in [0.2, 0.25) is 0 Å². The van der Waals surface area contributed by atoms with E-state index < -0.39 is 5.41 Å². The molecule has 2 aromatic rings. The molecule has 0 fully saturated rings. The van der Waals surface area contributed by atoms with E-state index in [0.717, 1.165) is 30.0 Å². The van der Waals surface area contributed by atoms with Gasteiger partial charge in [0, 0.05) is 13.1 Å². The Morgan fingerprint density at radius 1 is 1.04 bits per heavy atom. The molecule has 0 aliphatic carbocycles. The van der Waals surface area contributed by atoms with Crippen molar-refractivity contribution in [2.45, 2.75) is 32.2 Å². The molecule has 4 heteroatoms. The summed E-state index contributed by atoms with van der Waals surface area (Å²) in [7, 11) is 0. The highest BCUT2D eigenvalue weighted by molar-refractivity contribution is 5.88. The van der Waals surface area contributed by atoms with Gasteiger partial charge in [0.1, 0.15) is 0 Å². The molecule has 2 aliphatic heterocycles. The van der Waals surface area contributed by atoms with E-state index in [1.54, 1.807) is 0 Å². The third kappa shape index (κ3) is 2.42. The average molecular weight is 323 g/mol. The SMILES string of the molecule is CC(C)(C(=O)N1CCc2ccccc2C1)c1ccc2c(c1)OCO2. The third-order valence-corrected chi connectivity index (χ3v) is 5.05. The van der Waals surface area contributed by atoms with Crippen LogP contribution in [0.15, 0.2) is 42.5 Å². The van der Waals surface area contributed by atoms with Gasteiger partial charge < -0.3 is 14.4 Å². The van der Waals surface area contributed by atoms with E-state index >= 15 is 0 Å². The van der Waals surface area contributed by atoms with Crippen molar-refractivity contribution >= 4 is 5.91 Å². The number of ether oxygens (including phenoxy) is 2. The second-order valence-electron chi connectivity index (χ2n) is 6.94. The van der Waals surface area contributed by atoms with Gasteiger partial charge in [0.05, 0.1) is 5.41 Å². The maximum absolute atomic E-state index is 13.2. The molecule has 124 valence electrons. The molecule has 0 spiro atoms. The van der Waals surface area contributed by atoms with Crippen LogP contribution in [0.1, 0.15) is 30.5 Å². The zero-order chi connectivity index (χ0) is 16.7. The van der Waals surface area contributed by atoms with Crippen molar-refractivity contribution < 1.29 is 14.3 Å². The maximum atomic E-state index is 13.2. The molecule has 24 heavy (non-hydrogen) atoms. The van der Waals surface area contributed by atoms with E-state index in [9.17, 15) is 4.79 Å². The van der Waals surface area contributed by atoms with Gasteiger partial charge in [-0.25, -0.2) is 0 Å². The van der Waals surface area contributed by atoms with E-state index in [4.69, 9.17) is 9.47 Å². The predicted molar refractivity (Wildman–Crippen MR) is 91.2 cm³/mol. The fraction of sp³-hybridized carbons (Fsp3) is 0.350. The van der Waals surface area contributed by atoms with E-state index in [1.165, 1.54) is 11.1 Å². The molecule has 0 saturated heterocycles. The molecule has 4 rings (SSSR count). The van der Waals surface area contributed by atoms with Crippen LogP contribution in [-0.4, -0.2) is 24.1 Å². The summed E-state index contributed by atoms with van der Waals surface area (Å²) in [5.74, 6) is 1.61. The Labute approximate surface area is 142 Å². The minimum Gasteiger partial charge on any atom is -0.454 e. The molecule has 0 aromatic heterocycles. The average Bonchev–Trinajstić information content (AvgIpc) is 3.08. The highest BCUT2D eigenvalue weighted by Crippen LogP contribution is 2.37. The van der Waals surface area contributed by atoms with Crippen LogP contribution in [0.25, 0.3) is 0 Å². The Morgan fingerprint density at radius 2 is 1.79 bits per heavy atom. The van der Waals surface area contributed by atoms with Gasteiger partial charge in [-0.15, -0.1) is 0 Å². The van der Waals surface area contributed by atoms with Gasteiger partial charge in [0.2, 0.25) is 12.7 Å². The number of carbonyl (C=O) groups is 1. The number of amides is 1. The zero-order valence-electron chi connectivity index (χ0n) is 14.0. The standard InChI is InChI=1S/C20H21NO3/c1-20(2,16-7-8-17-18(11-16)24-13-23-17)19(22)21-10-9-14-5-3-4-6-15(14)12-21/h3-8,11H,9-10,12-13H2,1-2H3. The lowest BCUT2D eigenvalue weighted by molar-refractivity contribution is -0.137. The van der Waals surface area contributed by atoms with Crippen molar-refractivity contribution in [2.75, 3.05) is 13.3 Å². The Kier molecular flexibility index (Phi) is 3.48. The molecule has 0 N–H and O–H groups in total. The third-order valence-electron chi connectivity index (χ3n) is 5.05. The van der Waals surface area contributed by atoms with Crippen molar-refractivity contribution in [2.24, 2.45) is 0 Å².